The summed E-state index contributed by atoms with van der Waals surface area (Å²) in [5.41, 5.74) is 1.23. The molecule has 1 aromatic carbocycles. The van der Waals surface area contributed by atoms with Gasteiger partial charge in [0, 0.05) is 32.4 Å². The van der Waals surface area contributed by atoms with E-state index in [0.29, 0.717) is 17.3 Å². The number of anilines is 1. The van der Waals surface area contributed by atoms with Crippen LogP contribution in [0.4, 0.5) is 5.69 Å². The lowest BCUT2D eigenvalue weighted by Gasteiger charge is -2.28. The van der Waals surface area contributed by atoms with E-state index in [4.69, 9.17) is 11.6 Å². The zero-order valence-corrected chi connectivity index (χ0v) is 17.6. The lowest BCUT2D eigenvalue weighted by atomic mass is 9.84. The number of nitrogens with one attached hydrogen (secondary N) is 2. The molecule has 1 aliphatic rings. The van der Waals surface area contributed by atoms with Gasteiger partial charge in [0.1, 0.15) is 0 Å². The number of aliphatic hydroxyl groups excluding tert-OH is 1. The second-order valence-corrected chi connectivity index (χ2v) is 8.99. The number of rotatable bonds is 5. The van der Waals surface area contributed by atoms with Crippen molar-refractivity contribution in [3.8, 4) is 0 Å². The van der Waals surface area contributed by atoms with E-state index in [9.17, 15) is 14.7 Å². The Balaban J connectivity index is 1.65. The summed E-state index contributed by atoms with van der Waals surface area (Å²) in [6.07, 6.45) is 3.60. The molecule has 3 rings (SSSR count). The topological polar surface area (TPSA) is 78.4 Å². The Morgan fingerprint density at radius 1 is 1.21 bits per heavy atom. The van der Waals surface area contributed by atoms with Crippen LogP contribution in [-0.2, 0) is 15.0 Å². The molecule has 28 heavy (non-hydrogen) atoms. The third-order valence-corrected chi connectivity index (χ3v) is 7.25. The van der Waals surface area contributed by atoms with E-state index >= 15 is 0 Å². The number of halogens is 1. The van der Waals surface area contributed by atoms with Gasteiger partial charge in [-0.25, -0.2) is 0 Å². The van der Waals surface area contributed by atoms with Crippen LogP contribution in [0.25, 0.3) is 0 Å². The molecule has 1 saturated carbocycles. The molecule has 150 valence electrons. The van der Waals surface area contributed by atoms with Crippen molar-refractivity contribution < 1.29 is 14.7 Å². The molecule has 0 radical (unpaired) electrons. The van der Waals surface area contributed by atoms with Crippen molar-refractivity contribution in [1.82, 2.24) is 5.32 Å². The Hall–Kier alpha value is -1.89. The average Bonchev–Trinajstić information content (AvgIpc) is 3.33. The van der Waals surface area contributed by atoms with Crippen LogP contribution < -0.4 is 10.6 Å². The maximum atomic E-state index is 12.4. The van der Waals surface area contributed by atoms with E-state index in [1.807, 2.05) is 19.1 Å². The zero-order valence-electron chi connectivity index (χ0n) is 16.0. The van der Waals surface area contributed by atoms with Crippen LogP contribution in [-0.4, -0.2) is 23.5 Å². The number of aryl methyl sites for hydroxylation is 1. The molecule has 7 heteroatoms. The molecule has 1 aliphatic carbocycles. The molecule has 0 spiro atoms. The highest BCUT2D eigenvalue weighted by molar-refractivity contribution is 7.12. The molecule has 0 saturated heterocycles. The Labute approximate surface area is 174 Å². The fourth-order valence-corrected chi connectivity index (χ4v) is 4.98. The summed E-state index contributed by atoms with van der Waals surface area (Å²) in [6.45, 7) is 4.03. The molecule has 2 amide bonds. The van der Waals surface area contributed by atoms with Crippen molar-refractivity contribution >= 4 is 40.4 Å². The Morgan fingerprint density at radius 3 is 2.54 bits per heavy atom. The molecule has 3 N–H and O–H groups in total. The third kappa shape index (κ3) is 4.57. The van der Waals surface area contributed by atoms with Gasteiger partial charge in [-0.05, 0) is 56.5 Å². The van der Waals surface area contributed by atoms with Crippen molar-refractivity contribution in [3.63, 3.8) is 0 Å². The number of carbonyl (C=O) groups is 2. The SMILES string of the molecule is Cc1ccc(NC(=O)C(=O)NCC2(c3ccc(C(C)O)s3)CCCC2)cc1Cl. The maximum absolute atomic E-state index is 12.4. The highest BCUT2D eigenvalue weighted by Gasteiger charge is 2.37. The van der Waals surface area contributed by atoms with Crippen LogP contribution >= 0.6 is 22.9 Å². The van der Waals surface area contributed by atoms with Gasteiger partial charge in [-0.2, -0.15) is 0 Å². The van der Waals surface area contributed by atoms with Crippen molar-refractivity contribution in [2.75, 3.05) is 11.9 Å². The van der Waals surface area contributed by atoms with E-state index in [2.05, 4.69) is 10.6 Å². The zero-order chi connectivity index (χ0) is 20.3. The van der Waals surface area contributed by atoms with Crippen LogP contribution in [0.3, 0.4) is 0 Å². The van der Waals surface area contributed by atoms with Gasteiger partial charge in [-0.15, -0.1) is 11.3 Å². The minimum absolute atomic E-state index is 0.166. The van der Waals surface area contributed by atoms with Gasteiger partial charge in [0.2, 0.25) is 0 Å². The van der Waals surface area contributed by atoms with Gasteiger partial charge in [0.05, 0.1) is 6.10 Å². The summed E-state index contributed by atoms with van der Waals surface area (Å²) in [5.74, 6) is -1.36. The fraction of sp³-hybridized carbons (Fsp3) is 0.429. The summed E-state index contributed by atoms with van der Waals surface area (Å²) in [4.78, 5) is 26.7. The lowest BCUT2D eigenvalue weighted by molar-refractivity contribution is -0.136. The summed E-state index contributed by atoms with van der Waals surface area (Å²) in [7, 11) is 0. The largest absolute Gasteiger partial charge is 0.388 e. The first-order chi connectivity index (χ1) is 13.3. The standard InChI is InChI=1S/C21H25ClN2O3S/c1-13-5-6-15(11-16(13)22)24-20(27)19(26)23-12-21(9-3-4-10-21)18-8-7-17(28-18)14(2)25/h5-8,11,14,25H,3-4,9-10,12H2,1-2H3,(H,23,26)(H,24,27). The maximum Gasteiger partial charge on any atom is 0.313 e. The number of thiophene rings is 1. The van der Waals surface area contributed by atoms with Crippen molar-refractivity contribution in [1.29, 1.82) is 0 Å². The van der Waals surface area contributed by atoms with Crippen LogP contribution in [0.5, 0.6) is 0 Å². The van der Waals surface area contributed by atoms with Crippen molar-refractivity contribution in [3.05, 3.63) is 50.7 Å². The van der Waals surface area contributed by atoms with E-state index in [1.165, 1.54) is 0 Å². The molecule has 1 unspecified atom stereocenters. The summed E-state index contributed by atoms with van der Waals surface area (Å²) in [6, 6.07) is 9.12. The molecule has 5 nitrogen and oxygen atoms in total. The number of hydrogen-bond donors (Lipinski definition) is 3. The van der Waals surface area contributed by atoms with E-state index in [1.54, 1.807) is 36.5 Å². The summed E-state index contributed by atoms with van der Waals surface area (Å²) >= 11 is 7.65. The molecular formula is C21H25ClN2O3S. The molecule has 1 aromatic heterocycles. The van der Waals surface area contributed by atoms with Gasteiger partial charge in [-0.3, -0.25) is 9.59 Å². The van der Waals surface area contributed by atoms with Crippen LogP contribution in [0.1, 0.15) is 54.0 Å². The minimum atomic E-state index is -0.705. The second-order valence-electron chi connectivity index (χ2n) is 7.47. The smallest absolute Gasteiger partial charge is 0.313 e. The number of carbonyl (C=O) groups excluding carboxylic acids is 2. The predicted octanol–water partition coefficient (Wildman–Crippen LogP) is 4.33. The molecule has 0 bridgehead atoms. The highest BCUT2D eigenvalue weighted by atomic mass is 35.5. The monoisotopic (exact) mass is 420 g/mol. The van der Waals surface area contributed by atoms with E-state index in [-0.39, 0.29) is 5.41 Å². The number of hydrogen-bond acceptors (Lipinski definition) is 4. The minimum Gasteiger partial charge on any atom is -0.388 e. The predicted molar refractivity (Wildman–Crippen MR) is 113 cm³/mol. The molecule has 0 aliphatic heterocycles. The van der Waals surface area contributed by atoms with Gasteiger partial charge in [0.25, 0.3) is 0 Å². The van der Waals surface area contributed by atoms with Crippen molar-refractivity contribution in [2.24, 2.45) is 0 Å². The number of aliphatic hydroxyl groups is 1. The molecule has 1 fully saturated rings. The number of amides is 2. The Morgan fingerprint density at radius 2 is 1.93 bits per heavy atom. The van der Waals surface area contributed by atoms with Crippen LogP contribution in [0, 0.1) is 6.92 Å². The van der Waals surface area contributed by atoms with Gasteiger partial charge >= 0.3 is 11.8 Å². The van der Waals surface area contributed by atoms with Crippen LogP contribution in [0.2, 0.25) is 5.02 Å². The van der Waals surface area contributed by atoms with Crippen LogP contribution in [0.15, 0.2) is 30.3 Å². The summed E-state index contributed by atoms with van der Waals surface area (Å²) < 4.78 is 0. The van der Waals surface area contributed by atoms with Gasteiger partial charge < -0.3 is 15.7 Å². The lowest BCUT2D eigenvalue weighted by Crippen LogP contribution is -2.43. The Bertz CT molecular complexity index is 872. The molecule has 1 heterocycles. The normalized spacial score (nSPS) is 16.6. The van der Waals surface area contributed by atoms with Gasteiger partial charge in [-0.1, -0.05) is 30.5 Å². The average molecular weight is 421 g/mol. The quantitative estimate of drug-likeness (QED) is 0.630. The fourth-order valence-electron chi connectivity index (χ4n) is 3.61. The van der Waals surface area contributed by atoms with Crippen molar-refractivity contribution in [2.45, 2.75) is 51.0 Å². The molecule has 2 aromatic rings. The molecule has 1 atom stereocenters. The number of benzene rings is 1. The first-order valence-corrected chi connectivity index (χ1v) is 10.6. The highest BCUT2D eigenvalue weighted by Crippen LogP contribution is 2.44. The van der Waals surface area contributed by atoms with Gasteiger partial charge in [0.15, 0.2) is 0 Å². The second kappa shape index (κ2) is 8.64. The Kier molecular flexibility index (Phi) is 6.43. The summed E-state index contributed by atoms with van der Waals surface area (Å²) in [5, 5.41) is 15.7. The van der Waals surface area contributed by atoms with E-state index in [0.717, 1.165) is 41.0 Å². The molecular weight excluding hydrogens is 396 g/mol. The van der Waals surface area contributed by atoms with E-state index < -0.39 is 17.9 Å². The first kappa shape index (κ1) is 20.8. The third-order valence-electron chi connectivity index (χ3n) is 5.35. The first-order valence-electron chi connectivity index (χ1n) is 9.44.